The monoisotopic (exact) mass is 351 g/mol. The predicted octanol–water partition coefficient (Wildman–Crippen LogP) is 4.02. The molecule has 2 N–H and O–H groups in total. The van der Waals surface area contributed by atoms with E-state index in [4.69, 9.17) is 0 Å². The first kappa shape index (κ1) is 18.3. The largest absolute Gasteiger partial charge is 0.511 e. The number of Topliss-reactive ketones (excluding diaryl/α,β-unsaturated/α-hetero) is 1. The second-order valence-corrected chi connectivity index (χ2v) is 7.63. The molecule has 0 spiro atoms. The maximum Gasteiger partial charge on any atom is 0.168 e. The number of benzene rings is 2. The minimum atomic E-state index is -0.244. The molecule has 0 fully saturated rings. The highest BCUT2D eigenvalue weighted by atomic mass is 16.3. The molecule has 0 aromatic heterocycles. The fraction of sp³-hybridized carbons (Fsp3) is 0.364. The van der Waals surface area contributed by atoms with Crippen molar-refractivity contribution in [3.8, 4) is 0 Å². The van der Waals surface area contributed by atoms with Crippen LogP contribution in [0.25, 0.3) is 10.8 Å². The topological polar surface area (TPSA) is 69.9 Å². The van der Waals surface area contributed by atoms with Gasteiger partial charge in [-0.15, -0.1) is 0 Å². The van der Waals surface area contributed by atoms with Crippen LogP contribution in [0.15, 0.2) is 58.8 Å². The van der Waals surface area contributed by atoms with Gasteiger partial charge in [0.25, 0.3) is 0 Å². The lowest BCUT2D eigenvalue weighted by Crippen LogP contribution is -2.30. The van der Waals surface area contributed by atoms with Crippen LogP contribution in [0.1, 0.15) is 32.3 Å². The van der Waals surface area contributed by atoms with Gasteiger partial charge in [0.15, 0.2) is 5.78 Å². The summed E-state index contributed by atoms with van der Waals surface area (Å²) in [6.45, 7) is 4.08. The number of aliphatic imine (C=N–C) groups is 1. The first-order valence-electron chi connectivity index (χ1n) is 8.98. The third-order valence-electron chi connectivity index (χ3n) is 4.78. The predicted molar refractivity (Wildman–Crippen MR) is 105 cm³/mol. The molecule has 4 heteroatoms. The number of aliphatic hydroxyl groups is 2. The van der Waals surface area contributed by atoms with Crippen LogP contribution < -0.4 is 0 Å². The van der Waals surface area contributed by atoms with Gasteiger partial charge in [-0.25, -0.2) is 0 Å². The van der Waals surface area contributed by atoms with E-state index in [1.54, 1.807) is 0 Å². The summed E-state index contributed by atoms with van der Waals surface area (Å²) in [4.78, 5) is 17.2. The summed E-state index contributed by atoms with van der Waals surface area (Å²) in [5.74, 6) is 0.0406. The maximum absolute atomic E-state index is 12.7. The molecular weight excluding hydrogens is 326 g/mol. The molecule has 3 rings (SSSR count). The van der Waals surface area contributed by atoms with E-state index in [1.165, 1.54) is 0 Å². The third kappa shape index (κ3) is 3.86. The molecule has 1 aliphatic rings. The number of fused-ring (bicyclic) bond motifs is 1. The van der Waals surface area contributed by atoms with E-state index in [9.17, 15) is 15.0 Å². The van der Waals surface area contributed by atoms with E-state index in [0.717, 1.165) is 16.3 Å². The Balaban J connectivity index is 2.03. The number of allylic oxidation sites excluding steroid dienone is 2. The molecule has 0 saturated heterocycles. The summed E-state index contributed by atoms with van der Waals surface area (Å²) in [6.07, 6.45) is 1.30. The number of nitrogens with zero attached hydrogens (tertiary/aromatic N) is 1. The summed E-state index contributed by atoms with van der Waals surface area (Å²) < 4.78 is 0. The molecule has 0 saturated carbocycles. The second kappa shape index (κ2) is 7.42. The number of hydrogen-bond donors (Lipinski definition) is 2. The van der Waals surface area contributed by atoms with Crippen molar-refractivity contribution in [2.75, 3.05) is 13.2 Å². The van der Waals surface area contributed by atoms with E-state index in [0.29, 0.717) is 30.5 Å². The van der Waals surface area contributed by atoms with Crippen LogP contribution in [0.5, 0.6) is 0 Å². The molecular formula is C22H25NO3. The van der Waals surface area contributed by atoms with Crippen LogP contribution in [-0.4, -0.2) is 34.9 Å². The Bertz CT molecular complexity index is 888. The number of carbonyl (C=O) groups excluding carboxylic acids is 1. The van der Waals surface area contributed by atoms with Crippen LogP contribution in [0.3, 0.4) is 0 Å². The third-order valence-corrected chi connectivity index (χ3v) is 4.78. The number of hydrogen-bond acceptors (Lipinski definition) is 4. The Morgan fingerprint density at radius 2 is 1.85 bits per heavy atom. The van der Waals surface area contributed by atoms with Crippen molar-refractivity contribution in [2.45, 2.75) is 33.1 Å². The highest BCUT2D eigenvalue weighted by Crippen LogP contribution is 2.36. The SMILES string of the molecule is CC1(C)CC(=O)C(C(Cc2cccc3ccccc23)=NCCO)=C(O)C1. The normalized spacial score (nSPS) is 17.8. The average Bonchev–Trinajstić information content (AvgIpc) is 2.58. The number of aliphatic hydroxyl groups excluding tert-OH is 2. The lowest BCUT2D eigenvalue weighted by atomic mass is 9.75. The van der Waals surface area contributed by atoms with Gasteiger partial charge in [-0.3, -0.25) is 9.79 Å². The van der Waals surface area contributed by atoms with Gasteiger partial charge in [0.2, 0.25) is 0 Å². The molecule has 26 heavy (non-hydrogen) atoms. The smallest absolute Gasteiger partial charge is 0.168 e. The van der Waals surface area contributed by atoms with Crippen LogP contribution in [0.2, 0.25) is 0 Å². The van der Waals surface area contributed by atoms with Crippen molar-refractivity contribution in [2.24, 2.45) is 10.4 Å². The van der Waals surface area contributed by atoms with Crippen molar-refractivity contribution < 1.29 is 15.0 Å². The minimum Gasteiger partial charge on any atom is -0.511 e. The van der Waals surface area contributed by atoms with Crippen molar-refractivity contribution >= 4 is 22.3 Å². The van der Waals surface area contributed by atoms with Crippen LogP contribution in [0.4, 0.5) is 0 Å². The molecule has 4 nitrogen and oxygen atoms in total. The summed E-state index contributed by atoms with van der Waals surface area (Å²) in [5, 5.41) is 22.0. The molecule has 136 valence electrons. The lowest BCUT2D eigenvalue weighted by molar-refractivity contribution is -0.117. The molecule has 0 heterocycles. The number of carbonyl (C=O) groups is 1. The molecule has 0 amide bonds. The van der Waals surface area contributed by atoms with Crippen molar-refractivity contribution in [3.63, 3.8) is 0 Å². The summed E-state index contributed by atoms with van der Waals surface area (Å²) in [5.41, 5.74) is 1.71. The van der Waals surface area contributed by atoms with E-state index in [2.05, 4.69) is 4.99 Å². The maximum atomic E-state index is 12.7. The zero-order valence-electron chi connectivity index (χ0n) is 15.3. The van der Waals surface area contributed by atoms with Gasteiger partial charge in [-0.1, -0.05) is 56.3 Å². The average molecular weight is 351 g/mol. The summed E-state index contributed by atoms with van der Waals surface area (Å²) in [6, 6.07) is 14.1. The van der Waals surface area contributed by atoms with E-state index < -0.39 is 0 Å². The fourth-order valence-electron chi connectivity index (χ4n) is 3.65. The molecule has 0 aliphatic heterocycles. The van der Waals surface area contributed by atoms with Gasteiger partial charge in [0.05, 0.1) is 24.4 Å². The van der Waals surface area contributed by atoms with Gasteiger partial charge in [0.1, 0.15) is 5.76 Å². The van der Waals surface area contributed by atoms with Crippen LogP contribution in [0, 0.1) is 5.41 Å². The quantitative estimate of drug-likeness (QED) is 0.800. The Morgan fingerprint density at radius 3 is 2.58 bits per heavy atom. The Hall–Kier alpha value is -2.46. The summed E-state index contributed by atoms with van der Waals surface area (Å²) in [7, 11) is 0. The molecule has 0 unspecified atom stereocenters. The second-order valence-electron chi connectivity index (χ2n) is 7.63. The van der Waals surface area contributed by atoms with Crippen LogP contribution >= 0.6 is 0 Å². The molecule has 2 aromatic rings. The van der Waals surface area contributed by atoms with Gasteiger partial charge in [-0.05, 0) is 21.8 Å². The molecule has 0 bridgehead atoms. The molecule has 0 atom stereocenters. The van der Waals surface area contributed by atoms with E-state index in [1.807, 2.05) is 56.3 Å². The Labute approximate surface area is 153 Å². The molecule has 0 radical (unpaired) electrons. The highest BCUT2D eigenvalue weighted by molar-refractivity contribution is 6.24. The molecule has 2 aromatic carbocycles. The minimum absolute atomic E-state index is 0.0734. The highest BCUT2D eigenvalue weighted by Gasteiger charge is 2.35. The Morgan fingerprint density at radius 1 is 1.12 bits per heavy atom. The Kier molecular flexibility index (Phi) is 5.23. The van der Waals surface area contributed by atoms with Gasteiger partial charge in [-0.2, -0.15) is 0 Å². The van der Waals surface area contributed by atoms with Gasteiger partial charge >= 0.3 is 0 Å². The fourth-order valence-corrected chi connectivity index (χ4v) is 3.65. The van der Waals surface area contributed by atoms with Crippen molar-refractivity contribution in [1.29, 1.82) is 0 Å². The van der Waals surface area contributed by atoms with Gasteiger partial charge in [0, 0.05) is 19.3 Å². The van der Waals surface area contributed by atoms with E-state index in [-0.39, 0.29) is 30.1 Å². The first-order chi connectivity index (χ1) is 12.4. The van der Waals surface area contributed by atoms with E-state index >= 15 is 0 Å². The zero-order chi connectivity index (χ0) is 18.7. The van der Waals surface area contributed by atoms with Crippen molar-refractivity contribution in [1.82, 2.24) is 0 Å². The summed E-state index contributed by atoms with van der Waals surface area (Å²) >= 11 is 0. The van der Waals surface area contributed by atoms with Crippen molar-refractivity contribution in [3.05, 3.63) is 59.4 Å². The van der Waals surface area contributed by atoms with Gasteiger partial charge < -0.3 is 10.2 Å². The number of ketones is 1. The van der Waals surface area contributed by atoms with Crippen LogP contribution in [-0.2, 0) is 11.2 Å². The zero-order valence-corrected chi connectivity index (χ0v) is 15.3. The lowest BCUT2D eigenvalue weighted by Gasteiger charge is -2.30. The number of rotatable bonds is 5. The standard InChI is InChI=1S/C22H25NO3/c1-22(2)13-19(25)21(20(26)14-22)18(23-10-11-24)12-16-8-5-7-15-6-3-4-9-17(15)16/h3-9,24-25H,10-14H2,1-2H3. The molecule has 1 aliphatic carbocycles. The first-order valence-corrected chi connectivity index (χ1v) is 8.98.